The van der Waals surface area contributed by atoms with E-state index in [2.05, 4.69) is 17.5 Å². The number of nitro groups is 1. The lowest BCUT2D eigenvalue weighted by Crippen LogP contribution is -2.29. The lowest BCUT2D eigenvalue weighted by atomic mass is 9.77. The quantitative estimate of drug-likeness (QED) is 0.422. The molecule has 0 saturated carbocycles. The minimum atomic E-state index is -0.398. The summed E-state index contributed by atoms with van der Waals surface area (Å²) >= 11 is 12.3. The third kappa shape index (κ3) is 2.46. The van der Waals surface area contributed by atoms with Crippen molar-refractivity contribution in [1.29, 1.82) is 0 Å². The van der Waals surface area contributed by atoms with Crippen LogP contribution in [0, 0.1) is 16.0 Å². The van der Waals surface area contributed by atoms with Gasteiger partial charge in [-0.25, -0.2) is 0 Å². The van der Waals surface area contributed by atoms with Gasteiger partial charge in [0.25, 0.3) is 5.69 Å². The molecule has 2 aliphatic rings. The Morgan fingerprint density at radius 1 is 1.17 bits per heavy atom. The van der Waals surface area contributed by atoms with E-state index < -0.39 is 4.92 Å². The first-order valence-corrected chi connectivity index (χ1v) is 8.46. The van der Waals surface area contributed by atoms with Gasteiger partial charge in [0.15, 0.2) is 0 Å². The van der Waals surface area contributed by atoms with E-state index in [9.17, 15) is 10.1 Å². The van der Waals surface area contributed by atoms with Crippen molar-refractivity contribution in [2.24, 2.45) is 5.92 Å². The second-order valence-electron chi connectivity index (χ2n) is 6.18. The molecule has 1 aliphatic heterocycles. The topological polar surface area (TPSA) is 55.2 Å². The molecular formula is C18H14Cl2N2O2. The molecule has 0 aromatic heterocycles. The zero-order chi connectivity index (χ0) is 16.8. The number of nitrogens with zero attached hydrogens (tertiary/aromatic N) is 1. The highest BCUT2D eigenvalue weighted by molar-refractivity contribution is 6.33. The van der Waals surface area contributed by atoms with E-state index in [1.165, 1.54) is 6.07 Å². The van der Waals surface area contributed by atoms with Crippen LogP contribution in [-0.4, -0.2) is 4.92 Å². The summed E-state index contributed by atoms with van der Waals surface area (Å²) in [6, 6.07) is 10.9. The largest absolute Gasteiger partial charge is 0.376 e. The predicted octanol–water partition coefficient (Wildman–Crippen LogP) is 5.73. The first-order chi connectivity index (χ1) is 11.5. The van der Waals surface area contributed by atoms with E-state index in [-0.39, 0.29) is 17.6 Å². The maximum absolute atomic E-state index is 11.1. The maximum Gasteiger partial charge on any atom is 0.271 e. The Morgan fingerprint density at radius 3 is 2.62 bits per heavy atom. The number of nitrogens with one attached hydrogen (secondary N) is 1. The molecule has 0 radical (unpaired) electrons. The Balaban J connectivity index is 1.82. The standard InChI is InChI=1S/C18H14Cl2N2O2/c19-11-6-4-10(5-7-11)17-14-3-1-2-13(14)15-8-12(22(23)24)9-16(20)18(15)21-17/h1-2,4-9,13-14,17,21H,3H2/t13-,14+,17-/m1/s1. The van der Waals surface area contributed by atoms with Crippen LogP contribution in [0.5, 0.6) is 0 Å². The molecule has 4 nitrogen and oxygen atoms in total. The Bertz CT molecular complexity index is 849. The van der Waals surface area contributed by atoms with Gasteiger partial charge < -0.3 is 5.32 Å². The van der Waals surface area contributed by atoms with Crippen molar-refractivity contribution in [3.8, 4) is 0 Å². The maximum atomic E-state index is 11.1. The van der Waals surface area contributed by atoms with Crippen LogP contribution >= 0.6 is 23.2 Å². The van der Waals surface area contributed by atoms with Crippen LogP contribution in [0.3, 0.4) is 0 Å². The van der Waals surface area contributed by atoms with Crippen molar-refractivity contribution >= 4 is 34.6 Å². The second-order valence-corrected chi connectivity index (χ2v) is 7.02. The minimum absolute atomic E-state index is 0.0320. The van der Waals surface area contributed by atoms with Crippen molar-refractivity contribution in [3.05, 3.63) is 79.8 Å². The molecule has 6 heteroatoms. The summed E-state index contributed by atoms with van der Waals surface area (Å²) < 4.78 is 0. The van der Waals surface area contributed by atoms with Crippen LogP contribution in [0.15, 0.2) is 48.6 Å². The summed E-state index contributed by atoms with van der Waals surface area (Å²) in [7, 11) is 0. The highest BCUT2D eigenvalue weighted by atomic mass is 35.5. The van der Waals surface area contributed by atoms with E-state index in [0.29, 0.717) is 16.0 Å². The molecule has 4 rings (SSSR count). The Hall–Kier alpha value is -2.04. The van der Waals surface area contributed by atoms with Gasteiger partial charge in [-0.3, -0.25) is 10.1 Å². The summed E-state index contributed by atoms with van der Waals surface area (Å²) in [6.07, 6.45) is 5.19. The SMILES string of the molecule is O=[N+]([O-])c1cc(Cl)c2c(c1)[C@@H]1C=CC[C@@H]1[C@@H](c1ccc(Cl)cc1)N2. The van der Waals surface area contributed by atoms with Gasteiger partial charge in [-0.2, -0.15) is 0 Å². The number of fused-ring (bicyclic) bond motifs is 3. The number of benzene rings is 2. The molecule has 1 aliphatic carbocycles. The lowest BCUT2D eigenvalue weighted by molar-refractivity contribution is -0.384. The van der Waals surface area contributed by atoms with Crippen molar-refractivity contribution in [2.45, 2.75) is 18.4 Å². The molecule has 0 bridgehead atoms. The van der Waals surface area contributed by atoms with E-state index >= 15 is 0 Å². The molecule has 122 valence electrons. The monoisotopic (exact) mass is 360 g/mol. The van der Waals surface area contributed by atoms with Gasteiger partial charge in [-0.15, -0.1) is 0 Å². The molecule has 0 fully saturated rings. The molecule has 1 N–H and O–H groups in total. The number of rotatable bonds is 2. The van der Waals surface area contributed by atoms with E-state index in [1.807, 2.05) is 24.3 Å². The van der Waals surface area contributed by atoms with Crippen LogP contribution in [0.4, 0.5) is 11.4 Å². The third-order valence-electron chi connectivity index (χ3n) is 4.85. The Morgan fingerprint density at radius 2 is 1.92 bits per heavy atom. The van der Waals surface area contributed by atoms with Crippen LogP contribution in [0.2, 0.25) is 10.0 Å². The highest BCUT2D eigenvalue weighted by Crippen LogP contribution is 2.52. The van der Waals surface area contributed by atoms with Crippen molar-refractivity contribution < 1.29 is 4.92 Å². The highest BCUT2D eigenvalue weighted by Gasteiger charge is 2.39. The third-order valence-corrected chi connectivity index (χ3v) is 5.40. The zero-order valence-corrected chi connectivity index (χ0v) is 14.1. The number of nitro benzene ring substituents is 1. The van der Waals surface area contributed by atoms with Gasteiger partial charge >= 0.3 is 0 Å². The van der Waals surface area contributed by atoms with Crippen LogP contribution in [0.25, 0.3) is 0 Å². The van der Waals surface area contributed by atoms with E-state index in [4.69, 9.17) is 23.2 Å². The first kappa shape index (κ1) is 15.5. The number of hydrogen-bond acceptors (Lipinski definition) is 3. The van der Waals surface area contributed by atoms with Crippen molar-refractivity contribution in [1.82, 2.24) is 0 Å². The van der Waals surface area contributed by atoms with Gasteiger partial charge in [-0.1, -0.05) is 47.5 Å². The molecule has 0 spiro atoms. The molecule has 2 aromatic carbocycles. The summed E-state index contributed by atoms with van der Waals surface area (Å²) in [5.74, 6) is 0.427. The van der Waals surface area contributed by atoms with Gasteiger partial charge in [0.1, 0.15) is 0 Å². The average Bonchev–Trinajstić information content (AvgIpc) is 3.05. The molecule has 0 amide bonds. The lowest BCUT2D eigenvalue weighted by Gasteiger charge is -2.37. The summed E-state index contributed by atoms with van der Waals surface area (Å²) in [5, 5.41) is 15.7. The summed E-state index contributed by atoms with van der Waals surface area (Å²) in [6.45, 7) is 0. The average molecular weight is 361 g/mol. The number of non-ortho nitro benzene ring substituents is 1. The summed E-state index contributed by atoms with van der Waals surface area (Å²) in [4.78, 5) is 10.7. The molecule has 3 atom stereocenters. The molecule has 1 heterocycles. The van der Waals surface area contributed by atoms with Crippen LogP contribution in [-0.2, 0) is 0 Å². The second kappa shape index (κ2) is 5.80. The number of anilines is 1. The number of hydrogen-bond donors (Lipinski definition) is 1. The molecular weight excluding hydrogens is 347 g/mol. The number of allylic oxidation sites excluding steroid dienone is 2. The molecule has 0 unspecified atom stereocenters. The smallest absolute Gasteiger partial charge is 0.271 e. The fraction of sp³-hybridized carbons (Fsp3) is 0.222. The fourth-order valence-electron chi connectivity index (χ4n) is 3.75. The normalized spacial score (nSPS) is 24.2. The minimum Gasteiger partial charge on any atom is -0.376 e. The van der Waals surface area contributed by atoms with Gasteiger partial charge in [0.05, 0.1) is 21.7 Å². The predicted molar refractivity (Wildman–Crippen MR) is 95.9 cm³/mol. The van der Waals surface area contributed by atoms with Crippen LogP contribution < -0.4 is 5.32 Å². The van der Waals surface area contributed by atoms with E-state index in [1.54, 1.807) is 6.07 Å². The van der Waals surface area contributed by atoms with Gasteiger partial charge in [0.2, 0.25) is 0 Å². The van der Waals surface area contributed by atoms with Crippen molar-refractivity contribution in [2.75, 3.05) is 5.32 Å². The number of halogens is 2. The van der Waals surface area contributed by atoms with Gasteiger partial charge in [0, 0.05) is 23.1 Å². The summed E-state index contributed by atoms with van der Waals surface area (Å²) in [5.41, 5.74) is 2.86. The van der Waals surface area contributed by atoms with Gasteiger partial charge in [-0.05, 0) is 35.6 Å². The Labute approximate surface area is 149 Å². The molecule has 24 heavy (non-hydrogen) atoms. The molecule has 2 aromatic rings. The van der Waals surface area contributed by atoms with Crippen molar-refractivity contribution in [3.63, 3.8) is 0 Å². The Kier molecular flexibility index (Phi) is 3.74. The fourth-order valence-corrected chi connectivity index (χ4v) is 4.15. The molecule has 0 saturated heterocycles. The first-order valence-electron chi connectivity index (χ1n) is 7.71. The van der Waals surface area contributed by atoms with E-state index in [0.717, 1.165) is 23.2 Å². The zero-order valence-electron chi connectivity index (χ0n) is 12.6. The van der Waals surface area contributed by atoms with Crippen LogP contribution in [0.1, 0.15) is 29.5 Å².